The first-order valence-corrected chi connectivity index (χ1v) is 23.7. The number of aliphatic hydroxyl groups excluding tert-OH is 1. The van der Waals surface area contributed by atoms with E-state index < -0.39 is 23.6 Å². The monoisotopic (exact) mass is 892 g/mol. The molecular formula is C44H60N8O6S3. The van der Waals surface area contributed by atoms with Gasteiger partial charge in [-0.3, -0.25) is 19.2 Å². The number of aliphatic hydroxyl groups is 1. The second-order valence-electron chi connectivity index (χ2n) is 18.1. The summed E-state index contributed by atoms with van der Waals surface area (Å²) in [6.45, 7) is 16.6. The van der Waals surface area contributed by atoms with Gasteiger partial charge in [0.25, 0.3) is 0 Å². The molecule has 0 bridgehead atoms. The quantitative estimate of drug-likeness (QED) is 0.0687. The van der Waals surface area contributed by atoms with Crippen LogP contribution in [-0.2, 0) is 36.9 Å². The van der Waals surface area contributed by atoms with Crippen molar-refractivity contribution in [2.45, 2.75) is 127 Å². The first-order valence-electron chi connectivity index (χ1n) is 21.1. The minimum atomic E-state index is -0.871. The average Bonchev–Trinajstić information content (AvgIpc) is 4.04. The van der Waals surface area contributed by atoms with Crippen molar-refractivity contribution in [3.63, 3.8) is 0 Å². The number of hydrogen-bond donors (Lipinski definition) is 4. The number of thiazole rings is 2. The third-order valence-electron chi connectivity index (χ3n) is 11.1. The Balaban J connectivity index is 0.894. The Morgan fingerprint density at radius 2 is 1.72 bits per heavy atom. The van der Waals surface area contributed by atoms with Crippen molar-refractivity contribution in [1.29, 1.82) is 0 Å². The average molecular weight is 893 g/mol. The topological polar surface area (TPSA) is 183 Å². The van der Waals surface area contributed by atoms with Gasteiger partial charge in [0.1, 0.15) is 17.8 Å². The van der Waals surface area contributed by atoms with E-state index in [0.717, 1.165) is 70.6 Å². The third-order valence-corrected chi connectivity index (χ3v) is 14.2. The molecule has 3 aromatic heterocycles. The number of nitrogens with zero attached hydrogens (tertiary/aromatic N) is 5. The summed E-state index contributed by atoms with van der Waals surface area (Å²) in [6.07, 6.45) is 6.05. The molecule has 61 heavy (non-hydrogen) atoms. The molecule has 5 heterocycles. The summed E-state index contributed by atoms with van der Waals surface area (Å²) < 4.78 is 6.86. The van der Waals surface area contributed by atoms with Gasteiger partial charge in [-0.15, -0.1) is 23.1 Å². The van der Waals surface area contributed by atoms with Crippen LogP contribution in [0.1, 0.15) is 103 Å². The summed E-state index contributed by atoms with van der Waals surface area (Å²) in [6, 6.07) is 6.21. The highest BCUT2D eigenvalue weighted by Gasteiger charge is 2.44. The molecule has 2 aliphatic heterocycles. The van der Waals surface area contributed by atoms with Crippen LogP contribution in [-0.4, -0.2) is 97.9 Å². The highest BCUT2D eigenvalue weighted by Crippen LogP contribution is 2.33. The first-order chi connectivity index (χ1) is 28.9. The van der Waals surface area contributed by atoms with Gasteiger partial charge in [-0.1, -0.05) is 77.1 Å². The number of aromatic nitrogens is 3. The van der Waals surface area contributed by atoms with Crippen molar-refractivity contribution in [3.05, 3.63) is 65.1 Å². The number of anilines is 1. The van der Waals surface area contributed by atoms with E-state index >= 15 is 0 Å². The Bertz CT molecular complexity index is 2110. The summed E-state index contributed by atoms with van der Waals surface area (Å²) in [5.74, 6) is 1.08. The van der Waals surface area contributed by atoms with Gasteiger partial charge in [0.05, 0.1) is 44.5 Å². The lowest BCUT2D eigenvalue weighted by atomic mass is 9.85. The standard InChI is InChI=1S/C44H60N8O6S3/c1-27-37(60-26-48-27)29-13-11-28(12-14-29)21-46-40(56)32-20-31(53)24-52(32)41(57)38(44(5,6)7)49-34(54)10-8-9-17-51-18-15-30(16-19-51)39(55)50-42-47-23-36(61-42)59-25-35-45-22-33(58-35)43(2,3)4/h11-14,22-23,26,30-32,38,53H,8-10,15-21,24-25H2,1-7H3,(H,46,56)(H,49,54)(H,47,50,55)/t31-,32?,38?/m1/s1. The smallest absolute Gasteiger partial charge is 0.246 e. The zero-order chi connectivity index (χ0) is 43.9. The largest absolute Gasteiger partial charge is 0.444 e. The highest BCUT2D eigenvalue weighted by atomic mass is 32.2. The van der Waals surface area contributed by atoms with Gasteiger partial charge < -0.3 is 35.3 Å². The van der Waals surface area contributed by atoms with Crippen LogP contribution in [0.5, 0.6) is 0 Å². The predicted octanol–water partition coefficient (Wildman–Crippen LogP) is 6.78. The molecule has 0 aliphatic carbocycles. The number of amides is 4. The molecule has 2 aliphatic rings. The number of thioether (sulfide) groups is 1. The van der Waals surface area contributed by atoms with Crippen LogP contribution < -0.4 is 16.0 Å². The lowest BCUT2D eigenvalue weighted by molar-refractivity contribution is -0.144. The normalized spacial score (nSPS) is 18.3. The fraction of sp³-hybridized carbons (Fsp3) is 0.568. The fourth-order valence-corrected chi connectivity index (χ4v) is 10.0. The molecule has 2 fully saturated rings. The van der Waals surface area contributed by atoms with Crippen LogP contribution in [0.4, 0.5) is 5.13 Å². The van der Waals surface area contributed by atoms with E-state index in [1.54, 1.807) is 35.5 Å². The molecule has 4 N–H and O–H groups in total. The Labute approximate surface area is 371 Å². The van der Waals surface area contributed by atoms with Crippen molar-refractivity contribution < 1.29 is 28.7 Å². The number of unbranched alkanes of at least 4 members (excludes halogenated alkanes) is 1. The summed E-state index contributed by atoms with van der Waals surface area (Å²) >= 11 is 4.61. The van der Waals surface area contributed by atoms with Gasteiger partial charge in [0.2, 0.25) is 29.5 Å². The maximum atomic E-state index is 14.0. The van der Waals surface area contributed by atoms with Crippen LogP contribution >= 0.6 is 34.4 Å². The molecule has 3 atom stereocenters. The number of carbonyl (C=O) groups is 4. The predicted molar refractivity (Wildman–Crippen MR) is 240 cm³/mol. The summed E-state index contributed by atoms with van der Waals surface area (Å²) in [5, 5.41) is 20.1. The highest BCUT2D eigenvalue weighted by molar-refractivity contribution is 8.00. The van der Waals surface area contributed by atoms with E-state index in [2.05, 4.69) is 56.6 Å². The van der Waals surface area contributed by atoms with Gasteiger partial charge in [0.15, 0.2) is 5.13 Å². The number of hydrogen-bond acceptors (Lipinski definition) is 13. The van der Waals surface area contributed by atoms with Crippen molar-refractivity contribution in [2.75, 3.05) is 31.5 Å². The molecule has 4 aromatic rings. The number of benzene rings is 1. The molecule has 2 saturated heterocycles. The van der Waals surface area contributed by atoms with Crippen LogP contribution in [0.25, 0.3) is 10.4 Å². The van der Waals surface area contributed by atoms with Crippen molar-refractivity contribution >= 4 is 63.2 Å². The van der Waals surface area contributed by atoms with Crippen LogP contribution in [0.2, 0.25) is 0 Å². The SMILES string of the molecule is Cc1ncsc1-c1ccc(CNC(=O)C2C[C@@H](O)CN2C(=O)C(NC(=O)CCCCN2CCC(C(=O)Nc3ncc(SCc4ncc(C(C)(C)C)o4)s3)CC2)C(C)(C)C)cc1. The van der Waals surface area contributed by atoms with Crippen LogP contribution in [0, 0.1) is 18.3 Å². The zero-order valence-electron chi connectivity index (χ0n) is 36.3. The van der Waals surface area contributed by atoms with E-state index in [0.29, 0.717) is 23.2 Å². The Hall–Kier alpha value is -4.16. The molecule has 0 saturated carbocycles. The number of likely N-dealkylation sites (tertiary alicyclic amines) is 2. The second kappa shape index (κ2) is 20.4. The van der Waals surface area contributed by atoms with Crippen LogP contribution in [0.3, 0.4) is 0 Å². The van der Waals surface area contributed by atoms with Crippen molar-refractivity contribution in [1.82, 2.24) is 35.4 Å². The molecular weight excluding hydrogens is 833 g/mol. The number of nitrogens with one attached hydrogen (secondary N) is 3. The van der Waals surface area contributed by atoms with E-state index in [1.807, 2.05) is 57.5 Å². The van der Waals surface area contributed by atoms with Gasteiger partial charge >= 0.3 is 0 Å². The summed E-state index contributed by atoms with van der Waals surface area (Å²) in [5.41, 5.74) is 4.04. The molecule has 0 radical (unpaired) electrons. The van der Waals surface area contributed by atoms with Crippen molar-refractivity contribution in [2.24, 2.45) is 11.3 Å². The maximum absolute atomic E-state index is 14.0. The number of piperidine rings is 1. The molecule has 4 amide bonds. The lowest BCUT2D eigenvalue weighted by Crippen LogP contribution is -2.57. The molecule has 330 valence electrons. The summed E-state index contributed by atoms with van der Waals surface area (Å²) in [4.78, 5) is 71.8. The fourth-order valence-electron chi connectivity index (χ4n) is 7.50. The Morgan fingerprint density at radius 3 is 2.38 bits per heavy atom. The van der Waals surface area contributed by atoms with Crippen LogP contribution in [0.15, 0.2) is 50.8 Å². The number of carbonyl (C=O) groups excluding carboxylic acids is 4. The molecule has 0 spiro atoms. The number of β-amino-alcohol motifs (C(OH)–C–C–N with tert-alkyl or cyclic N) is 1. The Kier molecular flexibility index (Phi) is 15.5. The van der Waals surface area contributed by atoms with E-state index in [4.69, 9.17) is 4.42 Å². The third kappa shape index (κ3) is 12.7. The summed E-state index contributed by atoms with van der Waals surface area (Å²) in [7, 11) is 0. The zero-order valence-corrected chi connectivity index (χ0v) is 38.7. The number of rotatable bonds is 16. The lowest BCUT2D eigenvalue weighted by Gasteiger charge is -2.35. The first kappa shape index (κ1) is 46.3. The minimum Gasteiger partial charge on any atom is -0.444 e. The van der Waals surface area contributed by atoms with Gasteiger partial charge in [-0.05, 0) is 68.8 Å². The van der Waals surface area contributed by atoms with Gasteiger partial charge in [-0.25, -0.2) is 15.0 Å². The van der Waals surface area contributed by atoms with Crippen molar-refractivity contribution in [3.8, 4) is 10.4 Å². The maximum Gasteiger partial charge on any atom is 0.246 e. The van der Waals surface area contributed by atoms with E-state index in [-0.39, 0.29) is 60.9 Å². The molecule has 2 unspecified atom stereocenters. The van der Waals surface area contributed by atoms with E-state index in [1.165, 1.54) is 16.2 Å². The number of oxazole rings is 1. The molecule has 6 rings (SSSR count). The number of aryl methyl sites for hydroxylation is 1. The minimum absolute atomic E-state index is 0.00719. The molecule has 17 heteroatoms. The molecule has 1 aromatic carbocycles. The van der Waals surface area contributed by atoms with Gasteiger partial charge in [0, 0.05) is 37.3 Å². The molecule has 14 nitrogen and oxygen atoms in total. The second-order valence-corrected chi connectivity index (χ2v) is 21.3. The van der Waals surface area contributed by atoms with Gasteiger partial charge in [-0.2, -0.15) is 0 Å². The Morgan fingerprint density at radius 1 is 0.984 bits per heavy atom. The van der Waals surface area contributed by atoms with E-state index in [9.17, 15) is 24.3 Å².